The van der Waals surface area contributed by atoms with Gasteiger partial charge in [-0.3, -0.25) is 9.59 Å². The van der Waals surface area contributed by atoms with Gasteiger partial charge in [0.25, 0.3) is 0 Å². The lowest BCUT2D eigenvalue weighted by Crippen LogP contribution is -2.18. The van der Waals surface area contributed by atoms with Crippen molar-refractivity contribution in [2.45, 2.75) is 19.9 Å². The Morgan fingerprint density at radius 2 is 2.11 bits per heavy atom. The minimum Gasteiger partial charge on any atom is -0.497 e. The molecular formula is C19H19N3O4S. The van der Waals surface area contributed by atoms with E-state index in [9.17, 15) is 9.59 Å². The number of furan rings is 1. The number of amides is 2. The number of nitrogens with zero attached hydrogens (tertiary/aromatic N) is 1. The first-order chi connectivity index (χ1) is 13.0. The van der Waals surface area contributed by atoms with Crippen molar-refractivity contribution in [1.29, 1.82) is 0 Å². The normalized spacial score (nSPS) is 10.4. The van der Waals surface area contributed by atoms with E-state index >= 15 is 0 Å². The fourth-order valence-corrected chi connectivity index (χ4v) is 3.11. The van der Waals surface area contributed by atoms with E-state index in [4.69, 9.17) is 9.15 Å². The average molecular weight is 385 g/mol. The van der Waals surface area contributed by atoms with Gasteiger partial charge in [0.05, 0.1) is 20.1 Å². The zero-order valence-corrected chi connectivity index (χ0v) is 15.8. The molecule has 2 amide bonds. The minimum absolute atomic E-state index is 0.123. The number of hydrogen-bond donors (Lipinski definition) is 2. The van der Waals surface area contributed by atoms with Gasteiger partial charge >= 0.3 is 0 Å². The summed E-state index contributed by atoms with van der Waals surface area (Å²) in [7, 11) is 1.59. The van der Waals surface area contributed by atoms with Crippen molar-refractivity contribution < 1.29 is 18.7 Å². The third-order valence-corrected chi connectivity index (χ3v) is 4.43. The molecule has 0 spiro atoms. The van der Waals surface area contributed by atoms with Crippen LogP contribution in [0, 0.1) is 0 Å². The molecule has 2 N–H and O–H groups in total. The Bertz CT molecular complexity index is 948. The predicted molar refractivity (Wildman–Crippen MR) is 103 cm³/mol. The molecule has 0 radical (unpaired) electrons. The van der Waals surface area contributed by atoms with Gasteiger partial charge in [-0.1, -0.05) is 12.1 Å². The lowest BCUT2D eigenvalue weighted by Gasteiger charge is -2.04. The van der Waals surface area contributed by atoms with E-state index in [2.05, 4.69) is 15.6 Å². The van der Waals surface area contributed by atoms with E-state index < -0.39 is 0 Å². The zero-order chi connectivity index (χ0) is 19.2. The lowest BCUT2D eigenvalue weighted by atomic mass is 10.1. The van der Waals surface area contributed by atoms with E-state index in [1.54, 1.807) is 19.2 Å². The van der Waals surface area contributed by atoms with Crippen molar-refractivity contribution >= 4 is 28.3 Å². The van der Waals surface area contributed by atoms with Gasteiger partial charge in [-0.25, -0.2) is 4.98 Å². The van der Waals surface area contributed by atoms with Gasteiger partial charge in [0, 0.05) is 12.3 Å². The Morgan fingerprint density at radius 1 is 1.26 bits per heavy atom. The maximum absolute atomic E-state index is 12.2. The summed E-state index contributed by atoms with van der Waals surface area (Å²) in [6.07, 6.45) is 0.230. The summed E-state index contributed by atoms with van der Waals surface area (Å²) in [5.74, 6) is 1.65. The third kappa shape index (κ3) is 5.18. The molecule has 0 saturated heterocycles. The van der Waals surface area contributed by atoms with Crippen LogP contribution in [-0.2, 0) is 22.6 Å². The smallest absolute Gasteiger partial charge is 0.230 e. The van der Waals surface area contributed by atoms with E-state index in [-0.39, 0.29) is 18.2 Å². The van der Waals surface area contributed by atoms with E-state index in [1.165, 1.54) is 18.3 Å². The summed E-state index contributed by atoms with van der Waals surface area (Å²) in [5.41, 5.74) is 1.49. The second kappa shape index (κ2) is 8.50. The van der Waals surface area contributed by atoms with Crippen LogP contribution in [0.25, 0.3) is 11.5 Å². The molecule has 27 heavy (non-hydrogen) atoms. The molecule has 0 bridgehead atoms. The largest absolute Gasteiger partial charge is 0.497 e. The molecule has 7 nitrogen and oxygen atoms in total. The number of carbonyl (C=O) groups is 2. The first-order valence-corrected chi connectivity index (χ1v) is 9.13. The summed E-state index contributed by atoms with van der Waals surface area (Å²) in [4.78, 5) is 27.6. The zero-order valence-electron chi connectivity index (χ0n) is 14.9. The summed E-state index contributed by atoms with van der Waals surface area (Å²) in [6, 6.07) is 10.9. The molecule has 0 aliphatic rings. The standard InChI is InChI=1S/C19H19N3O4S/c1-12(23)20-10-15-6-7-17(26-15)16-11-27-19(21-16)22-18(24)9-13-4-3-5-14(8-13)25-2/h3-8,11H,9-10H2,1-2H3,(H,20,23)(H,21,22,24). The van der Waals surface area contributed by atoms with Crippen LogP contribution in [0.2, 0.25) is 0 Å². The van der Waals surface area contributed by atoms with E-state index in [0.29, 0.717) is 34.6 Å². The number of methoxy groups -OCH3 is 1. The number of carbonyl (C=O) groups excluding carboxylic acids is 2. The van der Waals surface area contributed by atoms with Crippen LogP contribution in [0.5, 0.6) is 5.75 Å². The maximum atomic E-state index is 12.2. The molecule has 0 aliphatic heterocycles. The molecule has 3 rings (SSSR count). The number of benzene rings is 1. The van der Waals surface area contributed by atoms with Gasteiger partial charge in [0.1, 0.15) is 17.2 Å². The predicted octanol–water partition coefficient (Wildman–Crippen LogP) is 3.23. The van der Waals surface area contributed by atoms with Crippen molar-refractivity contribution in [2.24, 2.45) is 0 Å². The van der Waals surface area contributed by atoms with Crippen LogP contribution in [0.4, 0.5) is 5.13 Å². The highest BCUT2D eigenvalue weighted by molar-refractivity contribution is 7.14. The highest BCUT2D eigenvalue weighted by atomic mass is 32.1. The summed E-state index contributed by atoms with van der Waals surface area (Å²) >= 11 is 1.32. The minimum atomic E-state index is -0.157. The van der Waals surface area contributed by atoms with Gasteiger partial charge in [-0.2, -0.15) is 0 Å². The second-order valence-electron chi connectivity index (χ2n) is 5.79. The highest BCUT2D eigenvalue weighted by Crippen LogP contribution is 2.26. The summed E-state index contributed by atoms with van der Waals surface area (Å²) in [6.45, 7) is 1.77. The topological polar surface area (TPSA) is 93.5 Å². The van der Waals surface area contributed by atoms with Gasteiger partial charge in [-0.05, 0) is 29.8 Å². The number of rotatable bonds is 7. The number of thiazole rings is 1. The third-order valence-electron chi connectivity index (χ3n) is 3.68. The SMILES string of the molecule is COc1cccc(CC(=O)Nc2nc(-c3ccc(CNC(C)=O)o3)cs2)c1. The van der Waals surface area contributed by atoms with Crippen LogP contribution < -0.4 is 15.4 Å². The van der Waals surface area contributed by atoms with Crippen molar-refractivity contribution in [3.8, 4) is 17.2 Å². The van der Waals surface area contributed by atoms with Crippen LogP contribution in [0.3, 0.4) is 0 Å². The molecule has 0 atom stereocenters. The van der Waals surface area contributed by atoms with Gasteiger partial charge in [0.2, 0.25) is 11.8 Å². The summed E-state index contributed by atoms with van der Waals surface area (Å²) in [5, 5.41) is 7.77. The molecule has 8 heteroatoms. The Kier molecular flexibility index (Phi) is 5.87. The van der Waals surface area contributed by atoms with Gasteiger partial charge in [0.15, 0.2) is 10.9 Å². The quantitative estimate of drug-likeness (QED) is 0.651. The number of anilines is 1. The first-order valence-electron chi connectivity index (χ1n) is 8.25. The Morgan fingerprint density at radius 3 is 2.89 bits per heavy atom. The number of aromatic nitrogens is 1. The highest BCUT2D eigenvalue weighted by Gasteiger charge is 2.12. The Hall–Kier alpha value is -3.13. The number of nitrogens with one attached hydrogen (secondary N) is 2. The second-order valence-corrected chi connectivity index (χ2v) is 6.65. The monoisotopic (exact) mass is 385 g/mol. The fraction of sp³-hybridized carbons (Fsp3) is 0.211. The molecule has 2 aromatic heterocycles. The van der Waals surface area contributed by atoms with E-state index in [0.717, 1.165) is 5.56 Å². The molecule has 0 aliphatic carbocycles. The van der Waals surface area contributed by atoms with E-state index in [1.807, 2.05) is 29.6 Å². The molecule has 1 aromatic carbocycles. The molecular weight excluding hydrogens is 366 g/mol. The fourth-order valence-electron chi connectivity index (χ4n) is 2.40. The average Bonchev–Trinajstić information content (AvgIpc) is 3.29. The molecule has 3 aromatic rings. The summed E-state index contributed by atoms with van der Waals surface area (Å²) < 4.78 is 10.8. The van der Waals surface area contributed by atoms with Crippen molar-refractivity contribution in [2.75, 3.05) is 12.4 Å². The molecule has 0 saturated carbocycles. The maximum Gasteiger partial charge on any atom is 0.230 e. The Labute approximate surface area is 160 Å². The first kappa shape index (κ1) is 18.7. The molecule has 140 valence electrons. The van der Waals surface area contributed by atoms with Crippen molar-refractivity contribution in [3.05, 3.63) is 53.1 Å². The number of ether oxygens (including phenoxy) is 1. The van der Waals surface area contributed by atoms with Crippen LogP contribution in [-0.4, -0.2) is 23.9 Å². The van der Waals surface area contributed by atoms with Crippen molar-refractivity contribution in [1.82, 2.24) is 10.3 Å². The van der Waals surface area contributed by atoms with Crippen LogP contribution in [0.15, 0.2) is 46.2 Å². The molecule has 0 fully saturated rings. The van der Waals surface area contributed by atoms with Gasteiger partial charge in [-0.15, -0.1) is 11.3 Å². The Balaban J connectivity index is 1.60. The lowest BCUT2D eigenvalue weighted by molar-refractivity contribution is -0.119. The molecule has 0 unspecified atom stereocenters. The molecule has 2 heterocycles. The van der Waals surface area contributed by atoms with Gasteiger partial charge < -0.3 is 19.8 Å². The van der Waals surface area contributed by atoms with Crippen LogP contribution >= 0.6 is 11.3 Å². The van der Waals surface area contributed by atoms with Crippen LogP contribution in [0.1, 0.15) is 18.2 Å². The number of hydrogen-bond acceptors (Lipinski definition) is 6. The van der Waals surface area contributed by atoms with Crippen molar-refractivity contribution in [3.63, 3.8) is 0 Å².